The quantitative estimate of drug-likeness (QED) is 0.581. The number of ether oxygens (including phenoxy) is 1. The van der Waals surface area contributed by atoms with Gasteiger partial charge >= 0.3 is 0 Å². The van der Waals surface area contributed by atoms with Crippen LogP contribution in [0.3, 0.4) is 0 Å². The Morgan fingerprint density at radius 1 is 1.17 bits per heavy atom. The summed E-state index contributed by atoms with van der Waals surface area (Å²) < 4.78 is 5.14. The molecule has 152 valence electrons. The lowest BCUT2D eigenvalue weighted by Gasteiger charge is -2.19. The number of fused-ring (bicyclic) bond motifs is 1. The first kappa shape index (κ1) is 20.7. The molecular weight excluding hydrogens is 368 g/mol. The van der Waals surface area contributed by atoms with Gasteiger partial charge in [-0.3, -0.25) is 14.5 Å². The van der Waals surface area contributed by atoms with Gasteiger partial charge in [-0.2, -0.15) is 0 Å². The summed E-state index contributed by atoms with van der Waals surface area (Å²) in [6, 6.07) is 15.2. The van der Waals surface area contributed by atoms with Gasteiger partial charge in [0.25, 0.3) is 5.56 Å². The van der Waals surface area contributed by atoms with Crippen molar-refractivity contribution in [3.8, 4) is 0 Å². The van der Waals surface area contributed by atoms with E-state index >= 15 is 0 Å². The number of aromatic nitrogens is 2. The van der Waals surface area contributed by atoms with Gasteiger partial charge in [-0.15, -0.1) is 0 Å². The van der Waals surface area contributed by atoms with Crippen molar-refractivity contribution in [3.63, 3.8) is 0 Å². The molecule has 1 aromatic heterocycles. The zero-order valence-electron chi connectivity index (χ0n) is 16.8. The smallest absolute Gasteiger partial charge is 0.258 e. The average molecular weight is 394 g/mol. The van der Waals surface area contributed by atoms with Crippen LogP contribution in [0.5, 0.6) is 0 Å². The van der Waals surface area contributed by atoms with E-state index in [1.54, 1.807) is 13.2 Å². The van der Waals surface area contributed by atoms with Crippen LogP contribution >= 0.6 is 0 Å². The van der Waals surface area contributed by atoms with Crippen molar-refractivity contribution in [2.45, 2.75) is 26.6 Å². The molecule has 1 amide bonds. The van der Waals surface area contributed by atoms with Gasteiger partial charge in [0.1, 0.15) is 5.82 Å². The second kappa shape index (κ2) is 9.95. The molecule has 0 radical (unpaired) electrons. The van der Waals surface area contributed by atoms with E-state index in [0.717, 1.165) is 11.1 Å². The summed E-state index contributed by atoms with van der Waals surface area (Å²) in [4.78, 5) is 33.9. The monoisotopic (exact) mass is 394 g/mol. The molecule has 7 nitrogen and oxygen atoms in total. The topological polar surface area (TPSA) is 87.3 Å². The Balaban J connectivity index is 1.59. The molecule has 0 bridgehead atoms. The molecule has 7 heteroatoms. The van der Waals surface area contributed by atoms with E-state index in [1.807, 2.05) is 54.3 Å². The van der Waals surface area contributed by atoms with Crippen molar-refractivity contribution < 1.29 is 9.53 Å². The van der Waals surface area contributed by atoms with E-state index in [-0.39, 0.29) is 18.0 Å². The maximum atomic E-state index is 12.4. The Morgan fingerprint density at radius 2 is 1.97 bits per heavy atom. The number of carbonyl (C=O) groups is 1. The number of benzene rings is 2. The Hall–Kier alpha value is -3.03. The summed E-state index contributed by atoms with van der Waals surface area (Å²) in [5, 5.41) is 3.51. The number of hydrogen-bond donors (Lipinski definition) is 2. The van der Waals surface area contributed by atoms with Crippen molar-refractivity contribution in [2.24, 2.45) is 0 Å². The van der Waals surface area contributed by atoms with Gasteiger partial charge < -0.3 is 15.0 Å². The number of H-pyrrole nitrogens is 1. The molecule has 0 aliphatic rings. The maximum Gasteiger partial charge on any atom is 0.258 e. The molecule has 0 unspecified atom stereocenters. The molecule has 3 aromatic rings. The first-order valence-electron chi connectivity index (χ1n) is 9.62. The van der Waals surface area contributed by atoms with Crippen LogP contribution in [-0.2, 0) is 29.2 Å². The van der Waals surface area contributed by atoms with Gasteiger partial charge in [-0.05, 0) is 29.8 Å². The minimum atomic E-state index is -0.165. The van der Waals surface area contributed by atoms with Gasteiger partial charge in [-0.25, -0.2) is 4.98 Å². The maximum absolute atomic E-state index is 12.4. The van der Waals surface area contributed by atoms with E-state index in [2.05, 4.69) is 15.3 Å². The third kappa shape index (κ3) is 5.73. The minimum absolute atomic E-state index is 0.0767. The van der Waals surface area contributed by atoms with Crippen molar-refractivity contribution in [1.29, 1.82) is 0 Å². The molecule has 0 fully saturated rings. The lowest BCUT2D eigenvalue weighted by Crippen LogP contribution is -2.37. The molecule has 0 atom stereocenters. The number of methoxy groups -OCH3 is 1. The van der Waals surface area contributed by atoms with Crippen LogP contribution in [0.4, 0.5) is 0 Å². The predicted molar refractivity (Wildman–Crippen MR) is 112 cm³/mol. The number of hydrogen-bond acceptors (Lipinski definition) is 5. The van der Waals surface area contributed by atoms with Crippen LogP contribution in [0.1, 0.15) is 23.9 Å². The fraction of sp³-hybridized carbons (Fsp3) is 0.318. The van der Waals surface area contributed by atoms with Crippen molar-refractivity contribution >= 4 is 16.8 Å². The number of nitrogens with one attached hydrogen (secondary N) is 2. The largest absolute Gasteiger partial charge is 0.380 e. The van der Waals surface area contributed by atoms with Gasteiger partial charge in [0, 0.05) is 13.7 Å². The van der Waals surface area contributed by atoms with Crippen LogP contribution in [0.15, 0.2) is 53.3 Å². The van der Waals surface area contributed by atoms with Crippen molar-refractivity contribution in [2.75, 3.05) is 20.2 Å². The highest BCUT2D eigenvalue weighted by Crippen LogP contribution is 2.08. The van der Waals surface area contributed by atoms with Gasteiger partial charge in [0.05, 0.1) is 30.6 Å². The number of nitrogens with zero attached hydrogens (tertiary/aromatic N) is 2. The zero-order chi connectivity index (χ0) is 20.6. The number of rotatable bonds is 9. The van der Waals surface area contributed by atoms with E-state index in [0.29, 0.717) is 43.0 Å². The highest BCUT2D eigenvalue weighted by atomic mass is 16.5. The lowest BCUT2D eigenvalue weighted by molar-refractivity contribution is -0.122. The van der Waals surface area contributed by atoms with E-state index < -0.39 is 0 Å². The van der Waals surface area contributed by atoms with Gasteiger partial charge in [0.2, 0.25) is 5.91 Å². The molecule has 2 N–H and O–H groups in total. The Bertz CT molecular complexity index is 1030. The zero-order valence-corrected chi connectivity index (χ0v) is 16.8. The molecule has 2 aromatic carbocycles. The molecule has 29 heavy (non-hydrogen) atoms. The lowest BCUT2D eigenvalue weighted by atomic mass is 10.1. The molecule has 0 spiro atoms. The highest BCUT2D eigenvalue weighted by Gasteiger charge is 2.12. The number of para-hydroxylation sites is 1. The first-order chi connectivity index (χ1) is 14.1. The van der Waals surface area contributed by atoms with E-state index in [4.69, 9.17) is 4.74 Å². The third-order valence-electron chi connectivity index (χ3n) is 4.64. The summed E-state index contributed by atoms with van der Waals surface area (Å²) in [6.45, 7) is 4.26. The summed E-state index contributed by atoms with van der Waals surface area (Å²) in [5.74, 6) is 0.475. The van der Waals surface area contributed by atoms with Crippen molar-refractivity contribution in [1.82, 2.24) is 20.2 Å². The van der Waals surface area contributed by atoms with Crippen LogP contribution in [0.2, 0.25) is 0 Å². The molecule has 1 heterocycles. The predicted octanol–water partition coefficient (Wildman–Crippen LogP) is 2.21. The minimum Gasteiger partial charge on any atom is -0.380 e. The fourth-order valence-corrected chi connectivity index (χ4v) is 3.16. The first-order valence-corrected chi connectivity index (χ1v) is 9.62. The van der Waals surface area contributed by atoms with Gasteiger partial charge in [-0.1, -0.05) is 43.3 Å². The number of amides is 1. The normalized spacial score (nSPS) is 11.1. The summed E-state index contributed by atoms with van der Waals surface area (Å²) >= 11 is 0. The molecule has 0 aliphatic heterocycles. The SMILES string of the molecule is CCN(CC(=O)NCc1cccc(COC)c1)Cc1nc2ccccc2c(=O)[nH]1. The Morgan fingerprint density at radius 3 is 2.76 bits per heavy atom. The van der Waals surface area contributed by atoms with E-state index in [9.17, 15) is 9.59 Å². The Labute approximate surface area is 169 Å². The third-order valence-corrected chi connectivity index (χ3v) is 4.64. The van der Waals surface area contributed by atoms with E-state index in [1.165, 1.54) is 0 Å². The second-order valence-corrected chi connectivity index (χ2v) is 6.86. The number of carbonyl (C=O) groups excluding carboxylic acids is 1. The molecular formula is C22H26N4O3. The Kier molecular flexibility index (Phi) is 7.10. The summed E-state index contributed by atoms with van der Waals surface area (Å²) in [6.07, 6.45) is 0. The number of aromatic amines is 1. The molecule has 0 aliphatic carbocycles. The highest BCUT2D eigenvalue weighted by molar-refractivity contribution is 5.78. The summed E-state index contributed by atoms with van der Waals surface area (Å²) in [5.41, 5.74) is 2.59. The molecule has 0 saturated heterocycles. The standard InChI is InChI=1S/C22H26N4O3/c1-3-26(13-20-24-19-10-5-4-9-18(19)22(28)25-20)14-21(27)23-12-16-7-6-8-17(11-16)15-29-2/h4-11H,3,12-15H2,1-2H3,(H,23,27)(H,24,25,28). The van der Waals surface area contributed by atoms with Crippen molar-refractivity contribution in [3.05, 3.63) is 75.8 Å². The van der Waals surface area contributed by atoms with Crippen LogP contribution in [0, 0.1) is 0 Å². The average Bonchev–Trinajstić information content (AvgIpc) is 2.72. The molecule has 0 saturated carbocycles. The second-order valence-electron chi connectivity index (χ2n) is 6.86. The molecule has 3 rings (SSSR count). The number of likely N-dealkylation sites (N-methyl/N-ethyl adjacent to an activating group) is 1. The van der Waals surface area contributed by atoms with Crippen LogP contribution in [-0.4, -0.2) is 41.0 Å². The van der Waals surface area contributed by atoms with Crippen LogP contribution in [0.25, 0.3) is 10.9 Å². The van der Waals surface area contributed by atoms with Gasteiger partial charge in [0.15, 0.2) is 0 Å². The summed E-state index contributed by atoms with van der Waals surface area (Å²) in [7, 11) is 1.66. The van der Waals surface area contributed by atoms with Crippen LogP contribution < -0.4 is 10.9 Å². The fourth-order valence-electron chi connectivity index (χ4n) is 3.16.